The smallest absolute Gasteiger partial charge is 0.326 e. The summed E-state index contributed by atoms with van der Waals surface area (Å²) in [5.41, 5.74) is 3.23. The summed E-state index contributed by atoms with van der Waals surface area (Å²) in [4.78, 5) is 27.8. The van der Waals surface area contributed by atoms with Gasteiger partial charge in [0.2, 0.25) is 0 Å². The third kappa shape index (κ3) is 3.63. The molecule has 0 bridgehead atoms. The van der Waals surface area contributed by atoms with Gasteiger partial charge in [0, 0.05) is 24.4 Å². The Morgan fingerprint density at radius 1 is 1.20 bits per heavy atom. The van der Waals surface area contributed by atoms with E-state index >= 15 is 0 Å². The average molecular weight is 340 g/mol. The zero-order valence-electron chi connectivity index (χ0n) is 14.2. The summed E-state index contributed by atoms with van der Waals surface area (Å²) in [5, 5.41) is 11.8. The number of nitrogens with zero attached hydrogens (tertiary/aromatic N) is 1. The minimum Gasteiger partial charge on any atom is -0.493 e. The molecule has 0 spiro atoms. The van der Waals surface area contributed by atoms with Crippen molar-refractivity contribution in [3.8, 4) is 16.9 Å². The maximum atomic E-state index is 12.4. The number of carbonyl (C=O) groups excluding carboxylic acids is 1. The van der Waals surface area contributed by atoms with Crippen molar-refractivity contribution in [2.45, 2.75) is 26.3 Å². The fourth-order valence-corrected chi connectivity index (χ4v) is 2.83. The van der Waals surface area contributed by atoms with E-state index in [1.54, 1.807) is 26.1 Å². The molecule has 0 saturated heterocycles. The van der Waals surface area contributed by atoms with Crippen molar-refractivity contribution < 1.29 is 19.4 Å². The first-order valence-electron chi connectivity index (χ1n) is 8.20. The molecule has 2 aromatic rings. The molecule has 0 radical (unpaired) electrons. The van der Waals surface area contributed by atoms with Crippen molar-refractivity contribution in [3.05, 3.63) is 47.8 Å². The van der Waals surface area contributed by atoms with Crippen LogP contribution in [0.2, 0.25) is 0 Å². The molecule has 6 heteroatoms. The number of hydrogen-bond acceptors (Lipinski definition) is 4. The van der Waals surface area contributed by atoms with Crippen LogP contribution in [0.1, 0.15) is 29.8 Å². The lowest BCUT2D eigenvalue weighted by Crippen LogP contribution is -2.44. The molecule has 0 saturated carbocycles. The first-order chi connectivity index (χ1) is 12.0. The van der Waals surface area contributed by atoms with Gasteiger partial charge in [-0.15, -0.1) is 0 Å². The van der Waals surface area contributed by atoms with E-state index in [2.05, 4.69) is 10.3 Å². The molecular formula is C19H20N2O4. The standard InChI is InChI=1S/C19H20N2O4/c1-11(2)17(19(23)24)21-18(22)15-8-14(9-20-10-15)12-3-4-16-13(7-12)5-6-25-16/h3-4,7-11,17H,5-6H2,1-2H3,(H,21,22)(H,23,24). The molecule has 6 nitrogen and oxygen atoms in total. The summed E-state index contributed by atoms with van der Waals surface area (Å²) >= 11 is 0. The highest BCUT2D eigenvalue weighted by atomic mass is 16.5. The van der Waals surface area contributed by atoms with Crippen molar-refractivity contribution in [1.29, 1.82) is 0 Å². The van der Waals surface area contributed by atoms with E-state index in [-0.39, 0.29) is 5.92 Å². The van der Waals surface area contributed by atoms with Crippen LogP contribution < -0.4 is 10.1 Å². The van der Waals surface area contributed by atoms with Crippen LogP contribution in [0.4, 0.5) is 0 Å². The minimum atomic E-state index is -1.05. The summed E-state index contributed by atoms with van der Waals surface area (Å²) in [6, 6.07) is 6.67. The van der Waals surface area contributed by atoms with Crippen molar-refractivity contribution in [2.24, 2.45) is 5.92 Å². The van der Waals surface area contributed by atoms with Gasteiger partial charge in [-0.05, 0) is 35.2 Å². The Balaban J connectivity index is 1.84. The average Bonchev–Trinajstić information content (AvgIpc) is 3.06. The minimum absolute atomic E-state index is 0.214. The lowest BCUT2D eigenvalue weighted by Gasteiger charge is -2.18. The summed E-state index contributed by atoms with van der Waals surface area (Å²) in [6.45, 7) is 4.19. The normalized spacial score (nSPS) is 13.9. The summed E-state index contributed by atoms with van der Waals surface area (Å²) in [5.74, 6) is -0.813. The fourth-order valence-electron chi connectivity index (χ4n) is 2.83. The molecule has 0 aliphatic carbocycles. The van der Waals surface area contributed by atoms with Crippen LogP contribution in [0, 0.1) is 5.92 Å². The Labute approximate surface area is 145 Å². The Hall–Kier alpha value is -2.89. The third-order valence-corrected chi connectivity index (χ3v) is 4.24. The van der Waals surface area contributed by atoms with E-state index in [4.69, 9.17) is 4.74 Å². The molecule has 1 atom stereocenters. The number of aromatic nitrogens is 1. The zero-order valence-corrected chi connectivity index (χ0v) is 14.2. The molecule has 1 unspecified atom stereocenters. The van der Waals surface area contributed by atoms with Crippen molar-refractivity contribution in [2.75, 3.05) is 6.61 Å². The molecule has 130 valence electrons. The van der Waals surface area contributed by atoms with Gasteiger partial charge >= 0.3 is 5.97 Å². The number of fused-ring (bicyclic) bond motifs is 1. The summed E-state index contributed by atoms with van der Waals surface area (Å²) in [6.07, 6.45) is 3.99. The maximum absolute atomic E-state index is 12.4. The number of carbonyl (C=O) groups is 2. The quantitative estimate of drug-likeness (QED) is 0.873. The topological polar surface area (TPSA) is 88.5 Å². The molecule has 1 amide bonds. The molecule has 1 aliphatic heterocycles. The largest absolute Gasteiger partial charge is 0.493 e. The number of aliphatic carboxylic acids is 1. The third-order valence-electron chi connectivity index (χ3n) is 4.24. The molecular weight excluding hydrogens is 320 g/mol. The Kier molecular flexibility index (Phi) is 4.70. The van der Waals surface area contributed by atoms with E-state index in [9.17, 15) is 14.7 Å². The van der Waals surface area contributed by atoms with Crippen LogP contribution in [0.3, 0.4) is 0 Å². The van der Waals surface area contributed by atoms with E-state index < -0.39 is 17.9 Å². The Bertz CT molecular complexity index is 817. The number of carboxylic acid groups (broad SMARTS) is 1. The molecule has 1 aliphatic rings. The lowest BCUT2D eigenvalue weighted by atomic mass is 10.0. The van der Waals surface area contributed by atoms with Gasteiger partial charge in [-0.2, -0.15) is 0 Å². The van der Waals surface area contributed by atoms with Crippen molar-refractivity contribution >= 4 is 11.9 Å². The van der Waals surface area contributed by atoms with Crippen LogP contribution >= 0.6 is 0 Å². The summed E-state index contributed by atoms with van der Waals surface area (Å²) in [7, 11) is 0. The zero-order chi connectivity index (χ0) is 18.0. The predicted molar refractivity (Wildman–Crippen MR) is 92.6 cm³/mol. The predicted octanol–water partition coefficient (Wildman–Crippen LogP) is 2.52. The van der Waals surface area contributed by atoms with Gasteiger partial charge in [0.15, 0.2) is 0 Å². The number of ether oxygens (including phenoxy) is 1. The van der Waals surface area contributed by atoms with Gasteiger partial charge in [-0.25, -0.2) is 4.79 Å². The molecule has 1 aromatic carbocycles. The van der Waals surface area contributed by atoms with Gasteiger partial charge in [0.25, 0.3) is 5.91 Å². The Morgan fingerprint density at radius 2 is 2.00 bits per heavy atom. The van der Waals surface area contributed by atoms with Crippen LogP contribution in [-0.2, 0) is 11.2 Å². The second-order valence-electron chi connectivity index (χ2n) is 6.42. The Morgan fingerprint density at radius 3 is 2.72 bits per heavy atom. The molecule has 2 N–H and O–H groups in total. The van der Waals surface area contributed by atoms with Crippen LogP contribution in [-0.4, -0.2) is 34.6 Å². The van der Waals surface area contributed by atoms with Gasteiger partial charge in [-0.1, -0.05) is 19.9 Å². The van der Waals surface area contributed by atoms with Crippen molar-refractivity contribution in [3.63, 3.8) is 0 Å². The number of benzene rings is 1. The van der Waals surface area contributed by atoms with Gasteiger partial charge in [0.05, 0.1) is 12.2 Å². The number of hydrogen-bond donors (Lipinski definition) is 2. The van der Waals surface area contributed by atoms with Crippen LogP contribution in [0.5, 0.6) is 5.75 Å². The second kappa shape index (κ2) is 6.93. The monoisotopic (exact) mass is 340 g/mol. The molecule has 2 heterocycles. The molecule has 0 fully saturated rings. The van der Waals surface area contributed by atoms with E-state index in [1.165, 1.54) is 6.20 Å². The molecule has 25 heavy (non-hydrogen) atoms. The summed E-state index contributed by atoms with van der Waals surface area (Å²) < 4.78 is 5.50. The fraction of sp³-hybridized carbons (Fsp3) is 0.316. The second-order valence-corrected chi connectivity index (χ2v) is 6.42. The molecule has 3 rings (SSSR count). The van der Waals surface area contributed by atoms with E-state index in [0.717, 1.165) is 28.9 Å². The number of nitrogens with one attached hydrogen (secondary N) is 1. The van der Waals surface area contributed by atoms with Gasteiger partial charge in [-0.3, -0.25) is 9.78 Å². The highest BCUT2D eigenvalue weighted by Crippen LogP contribution is 2.30. The highest BCUT2D eigenvalue weighted by Gasteiger charge is 2.24. The number of rotatable bonds is 5. The SMILES string of the molecule is CC(C)C(NC(=O)c1cncc(-c2ccc3c(c2)CCO3)c1)C(=O)O. The number of pyridine rings is 1. The first kappa shape index (κ1) is 17.0. The lowest BCUT2D eigenvalue weighted by molar-refractivity contribution is -0.140. The first-order valence-corrected chi connectivity index (χ1v) is 8.20. The number of amides is 1. The highest BCUT2D eigenvalue weighted by molar-refractivity contribution is 5.97. The van der Waals surface area contributed by atoms with Crippen molar-refractivity contribution in [1.82, 2.24) is 10.3 Å². The molecule has 1 aromatic heterocycles. The number of carboxylic acids is 1. The van der Waals surface area contributed by atoms with Gasteiger partial charge in [0.1, 0.15) is 11.8 Å². The van der Waals surface area contributed by atoms with E-state index in [0.29, 0.717) is 12.2 Å². The van der Waals surface area contributed by atoms with Crippen LogP contribution in [0.15, 0.2) is 36.7 Å². The van der Waals surface area contributed by atoms with E-state index in [1.807, 2.05) is 18.2 Å². The maximum Gasteiger partial charge on any atom is 0.326 e. The van der Waals surface area contributed by atoms with Gasteiger partial charge < -0.3 is 15.2 Å². The van der Waals surface area contributed by atoms with Crippen LogP contribution in [0.25, 0.3) is 11.1 Å².